The molecule has 0 saturated heterocycles. The molecule has 1 aromatic carbocycles. The van der Waals surface area contributed by atoms with Gasteiger partial charge in [0, 0.05) is 12.6 Å². The SMILES string of the molecule is CNc1nc(C#Cc2ccc(C(C)(C)C)cc2)nc2c1ncn2[C@@H]1C2C[C@]2(C(C)=O)C(O)[C@H]1O. The fourth-order valence-corrected chi connectivity index (χ4v) is 5.32. The minimum Gasteiger partial charge on any atom is -0.389 e. The quantitative estimate of drug-likeness (QED) is 0.516. The number of aromatic nitrogens is 4. The van der Waals surface area contributed by atoms with Crippen LogP contribution in [0.2, 0.25) is 0 Å². The van der Waals surface area contributed by atoms with E-state index in [9.17, 15) is 15.0 Å². The van der Waals surface area contributed by atoms with E-state index in [0.29, 0.717) is 29.2 Å². The van der Waals surface area contributed by atoms with Gasteiger partial charge in [-0.1, -0.05) is 38.8 Å². The molecular weight excluding hydrogens is 430 g/mol. The van der Waals surface area contributed by atoms with E-state index >= 15 is 0 Å². The molecule has 8 nitrogen and oxygen atoms in total. The van der Waals surface area contributed by atoms with Crippen molar-refractivity contribution in [1.29, 1.82) is 0 Å². The van der Waals surface area contributed by atoms with Crippen LogP contribution in [0.1, 0.15) is 57.1 Å². The van der Waals surface area contributed by atoms with Crippen LogP contribution in [0.5, 0.6) is 0 Å². The van der Waals surface area contributed by atoms with Crippen molar-refractivity contribution in [2.45, 2.75) is 57.8 Å². The van der Waals surface area contributed by atoms with Gasteiger partial charge in [-0.2, -0.15) is 0 Å². The molecule has 2 fully saturated rings. The molecule has 176 valence electrons. The smallest absolute Gasteiger partial charge is 0.209 e. The first-order valence-corrected chi connectivity index (χ1v) is 11.5. The molecule has 0 aliphatic heterocycles. The summed E-state index contributed by atoms with van der Waals surface area (Å²) in [4.78, 5) is 25.8. The van der Waals surface area contributed by atoms with Crippen LogP contribution < -0.4 is 5.32 Å². The Balaban J connectivity index is 1.53. The van der Waals surface area contributed by atoms with Gasteiger partial charge in [-0.3, -0.25) is 4.79 Å². The largest absolute Gasteiger partial charge is 0.389 e. The average molecular weight is 460 g/mol. The highest BCUT2D eigenvalue weighted by molar-refractivity contribution is 5.88. The van der Waals surface area contributed by atoms with Crippen LogP contribution in [0.25, 0.3) is 11.2 Å². The Morgan fingerprint density at radius 1 is 1.18 bits per heavy atom. The number of anilines is 1. The lowest BCUT2D eigenvalue weighted by atomic mass is 9.87. The van der Waals surface area contributed by atoms with E-state index in [1.807, 2.05) is 12.1 Å². The minimum atomic E-state index is -1.10. The molecule has 2 heterocycles. The number of aliphatic hydroxyl groups is 2. The van der Waals surface area contributed by atoms with E-state index in [-0.39, 0.29) is 17.1 Å². The van der Waals surface area contributed by atoms with Crippen molar-refractivity contribution in [1.82, 2.24) is 19.5 Å². The van der Waals surface area contributed by atoms with Gasteiger partial charge in [0.1, 0.15) is 11.9 Å². The molecule has 2 aliphatic rings. The van der Waals surface area contributed by atoms with Crippen molar-refractivity contribution in [3.63, 3.8) is 0 Å². The topological polar surface area (TPSA) is 113 Å². The highest BCUT2D eigenvalue weighted by Crippen LogP contribution is 2.68. The zero-order chi connectivity index (χ0) is 24.4. The van der Waals surface area contributed by atoms with Crippen LogP contribution in [0, 0.1) is 23.2 Å². The summed E-state index contributed by atoms with van der Waals surface area (Å²) in [7, 11) is 1.75. The lowest BCUT2D eigenvalue weighted by Gasteiger charge is -2.23. The molecule has 3 aromatic rings. The van der Waals surface area contributed by atoms with Crippen LogP contribution in [0.3, 0.4) is 0 Å². The number of Topliss-reactive ketones (excluding diaryl/α,β-unsaturated/α-hetero) is 1. The number of carbonyl (C=O) groups is 1. The fraction of sp³-hybridized carbons (Fsp3) is 0.462. The lowest BCUT2D eigenvalue weighted by molar-refractivity contribution is -0.128. The minimum absolute atomic E-state index is 0.0696. The Bertz CT molecular complexity index is 1340. The number of imidazole rings is 1. The first-order chi connectivity index (χ1) is 16.1. The summed E-state index contributed by atoms with van der Waals surface area (Å²) < 4.78 is 1.76. The van der Waals surface area contributed by atoms with Crippen molar-refractivity contribution >= 4 is 22.8 Å². The predicted octanol–water partition coefficient (Wildman–Crippen LogP) is 2.44. The third-order valence-electron chi connectivity index (χ3n) is 7.38. The second kappa shape index (κ2) is 7.62. The summed E-state index contributed by atoms with van der Waals surface area (Å²) in [6.45, 7) is 7.98. The van der Waals surface area contributed by atoms with Gasteiger partial charge in [0.2, 0.25) is 5.82 Å². The molecule has 0 amide bonds. The van der Waals surface area contributed by atoms with Gasteiger partial charge >= 0.3 is 0 Å². The Morgan fingerprint density at radius 2 is 1.88 bits per heavy atom. The van der Waals surface area contributed by atoms with E-state index < -0.39 is 23.7 Å². The molecule has 0 bridgehead atoms. The van der Waals surface area contributed by atoms with Gasteiger partial charge in [0.05, 0.1) is 23.9 Å². The highest BCUT2D eigenvalue weighted by atomic mass is 16.3. The zero-order valence-electron chi connectivity index (χ0n) is 20.0. The molecule has 8 heteroatoms. The molecule has 2 aromatic heterocycles. The fourth-order valence-electron chi connectivity index (χ4n) is 5.32. The number of benzene rings is 1. The number of carbonyl (C=O) groups excluding carboxylic acids is 1. The third kappa shape index (κ3) is 3.30. The number of hydrogen-bond donors (Lipinski definition) is 3. The second-order valence-corrected chi connectivity index (χ2v) is 10.4. The van der Waals surface area contributed by atoms with Crippen molar-refractivity contribution < 1.29 is 15.0 Å². The average Bonchev–Trinajstić information content (AvgIpc) is 3.35. The molecule has 2 aliphatic carbocycles. The van der Waals surface area contributed by atoms with E-state index in [1.54, 1.807) is 17.9 Å². The van der Waals surface area contributed by atoms with Gasteiger partial charge in [-0.25, -0.2) is 15.0 Å². The number of hydrogen-bond acceptors (Lipinski definition) is 7. The van der Waals surface area contributed by atoms with Crippen LogP contribution in [0.4, 0.5) is 5.82 Å². The van der Waals surface area contributed by atoms with Crippen molar-refractivity contribution in [2.75, 3.05) is 12.4 Å². The maximum Gasteiger partial charge on any atom is 0.209 e. The van der Waals surface area contributed by atoms with Crippen molar-refractivity contribution in [3.05, 3.63) is 47.5 Å². The van der Waals surface area contributed by atoms with Gasteiger partial charge in [-0.05, 0) is 48.3 Å². The molecule has 2 unspecified atom stereocenters. The molecule has 34 heavy (non-hydrogen) atoms. The van der Waals surface area contributed by atoms with Crippen molar-refractivity contribution in [3.8, 4) is 11.8 Å². The lowest BCUT2D eigenvalue weighted by Crippen LogP contribution is -2.36. The summed E-state index contributed by atoms with van der Waals surface area (Å²) >= 11 is 0. The van der Waals surface area contributed by atoms with Gasteiger partial charge in [-0.15, -0.1) is 0 Å². The molecule has 0 radical (unpaired) electrons. The van der Waals surface area contributed by atoms with Gasteiger partial charge < -0.3 is 20.1 Å². The Morgan fingerprint density at radius 3 is 2.47 bits per heavy atom. The van der Waals surface area contributed by atoms with E-state index in [1.165, 1.54) is 12.5 Å². The zero-order valence-corrected chi connectivity index (χ0v) is 20.0. The number of rotatable bonds is 3. The summed E-state index contributed by atoms with van der Waals surface area (Å²) in [5, 5.41) is 24.5. The monoisotopic (exact) mass is 459 g/mol. The number of nitrogens with zero attached hydrogens (tertiary/aromatic N) is 4. The molecule has 0 spiro atoms. The van der Waals surface area contributed by atoms with Gasteiger partial charge in [0.25, 0.3) is 0 Å². The van der Waals surface area contributed by atoms with Crippen LogP contribution in [-0.2, 0) is 10.2 Å². The normalized spacial score (nSPS) is 27.7. The summed E-state index contributed by atoms with van der Waals surface area (Å²) in [5.41, 5.74) is 2.34. The van der Waals surface area contributed by atoms with Crippen LogP contribution in [-0.4, -0.2) is 54.8 Å². The number of nitrogens with one attached hydrogen (secondary N) is 1. The van der Waals surface area contributed by atoms with E-state index in [0.717, 1.165) is 5.56 Å². The van der Waals surface area contributed by atoms with E-state index in [4.69, 9.17) is 0 Å². The predicted molar refractivity (Wildman–Crippen MR) is 128 cm³/mol. The second-order valence-electron chi connectivity index (χ2n) is 10.4. The van der Waals surface area contributed by atoms with Crippen LogP contribution >= 0.6 is 0 Å². The maximum atomic E-state index is 12.2. The molecular formula is C26H29N5O3. The molecule has 2 saturated carbocycles. The number of ketones is 1. The van der Waals surface area contributed by atoms with Gasteiger partial charge in [0.15, 0.2) is 17.0 Å². The molecule has 3 N–H and O–H groups in total. The first-order valence-electron chi connectivity index (χ1n) is 11.5. The first kappa shape index (κ1) is 22.5. The highest BCUT2D eigenvalue weighted by Gasteiger charge is 2.74. The van der Waals surface area contributed by atoms with Crippen LogP contribution in [0.15, 0.2) is 30.6 Å². The Kier molecular flexibility index (Phi) is 5.04. The summed E-state index contributed by atoms with van der Waals surface area (Å²) in [6.07, 6.45) is -0.0357. The Labute approximate surface area is 198 Å². The molecule has 5 atom stereocenters. The van der Waals surface area contributed by atoms with Crippen molar-refractivity contribution in [2.24, 2.45) is 11.3 Å². The molecule has 5 rings (SSSR count). The number of aliphatic hydroxyl groups excluding tert-OH is 2. The summed E-state index contributed by atoms with van der Waals surface area (Å²) in [6, 6.07) is 7.63. The standard InChI is InChI=1S/C26H29N5O3/c1-14(32)26-12-17(26)20(21(33)22(26)34)31-13-28-19-23(27-5)29-18(30-24(19)31)11-8-15-6-9-16(10-7-15)25(2,3)4/h6-7,9-10,13,17,20-22,33-34H,12H2,1-5H3,(H,27,29,30)/t17?,20-,21+,22?,26-/m1/s1. The maximum absolute atomic E-state index is 12.2. The number of fused-ring (bicyclic) bond motifs is 2. The summed E-state index contributed by atoms with van der Waals surface area (Å²) in [5.74, 6) is 6.76. The van der Waals surface area contributed by atoms with E-state index in [2.05, 4.69) is 65.0 Å². The Hall–Kier alpha value is -3.28. The third-order valence-corrected chi connectivity index (χ3v) is 7.38.